The minimum absolute atomic E-state index is 0.321. The second kappa shape index (κ2) is 3.95. The number of hydrogen-bond acceptors (Lipinski definition) is 3. The van der Waals surface area contributed by atoms with Crippen LogP contribution >= 0.6 is 11.8 Å². The molecule has 4 heteroatoms. The number of carbonyl (C=O) groups is 1. The van der Waals surface area contributed by atoms with Crippen molar-refractivity contribution in [2.75, 3.05) is 7.11 Å². The van der Waals surface area contributed by atoms with Crippen LogP contribution in [0.25, 0.3) is 0 Å². The van der Waals surface area contributed by atoms with Gasteiger partial charge in [0.1, 0.15) is 0 Å². The number of hydrogen-bond donors (Lipinski definition) is 1. The molecule has 0 aromatic rings. The zero-order valence-corrected chi connectivity index (χ0v) is 8.92. The van der Waals surface area contributed by atoms with Crippen LogP contribution in [0.4, 0.5) is 0 Å². The molecule has 0 aromatic heterocycles. The highest BCUT2D eigenvalue weighted by Crippen LogP contribution is 2.44. The van der Waals surface area contributed by atoms with E-state index in [0.29, 0.717) is 22.2 Å². The molecule has 1 aliphatic heterocycles. The number of aliphatic carboxylic acids is 1. The van der Waals surface area contributed by atoms with E-state index >= 15 is 0 Å². The van der Waals surface area contributed by atoms with Gasteiger partial charge in [-0.2, -0.15) is 0 Å². The number of thioether (sulfide) groups is 1. The quantitative estimate of drug-likeness (QED) is 0.762. The summed E-state index contributed by atoms with van der Waals surface area (Å²) in [5, 5.41) is 9.34. The Hall–Kier alpha value is -0.480. The van der Waals surface area contributed by atoms with Crippen molar-refractivity contribution in [2.45, 2.75) is 30.6 Å². The van der Waals surface area contributed by atoms with Crippen molar-refractivity contribution in [3.63, 3.8) is 0 Å². The first kappa shape index (κ1) is 10.1. The molecule has 1 saturated carbocycles. The van der Waals surface area contributed by atoms with Gasteiger partial charge >= 0.3 is 5.97 Å². The Labute approximate surface area is 87.5 Å². The third kappa shape index (κ3) is 1.81. The lowest BCUT2D eigenvalue weighted by Crippen LogP contribution is -2.27. The van der Waals surface area contributed by atoms with Crippen LogP contribution in [0.1, 0.15) is 19.3 Å². The SMILES string of the molecule is COC1CCC2SC(C(=O)O)=CC2C1. The maximum Gasteiger partial charge on any atom is 0.341 e. The number of fused-ring (bicyclic) bond motifs is 1. The van der Waals surface area contributed by atoms with Crippen molar-refractivity contribution < 1.29 is 14.6 Å². The van der Waals surface area contributed by atoms with Crippen LogP contribution in [-0.2, 0) is 9.53 Å². The van der Waals surface area contributed by atoms with E-state index in [9.17, 15) is 4.79 Å². The number of allylic oxidation sites excluding steroid dienone is 1. The molecule has 0 radical (unpaired) electrons. The van der Waals surface area contributed by atoms with Gasteiger partial charge in [0.05, 0.1) is 11.0 Å². The van der Waals surface area contributed by atoms with E-state index in [1.165, 1.54) is 11.8 Å². The van der Waals surface area contributed by atoms with Crippen LogP contribution in [0, 0.1) is 5.92 Å². The summed E-state index contributed by atoms with van der Waals surface area (Å²) in [7, 11) is 1.73. The molecule has 2 rings (SSSR count). The molecule has 0 bridgehead atoms. The summed E-state index contributed by atoms with van der Waals surface area (Å²) in [6.45, 7) is 0. The minimum atomic E-state index is -0.779. The largest absolute Gasteiger partial charge is 0.477 e. The lowest BCUT2D eigenvalue weighted by atomic mass is 9.86. The molecule has 0 aromatic carbocycles. The van der Waals surface area contributed by atoms with Crippen LogP contribution < -0.4 is 0 Å². The average molecular weight is 214 g/mol. The van der Waals surface area contributed by atoms with Crippen molar-refractivity contribution >= 4 is 17.7 Å². The lowest BCUT2D eigenvalue weighted by Gasteiger charge is -2.29. The summed E-state index contributed by atoms with van der Waals surface area (Å²) in [5.74, 6) is -0.372. The summed E-state index contributed by atoms with van der Waals surface area (Å²) >= 11 is 1.52. The molecule has 1 aliphatic carbocycles. The maximum absolute atomic E-state index is 10.8. The van der Waals surface area contributed by atoms with E-state index in [-0.39, 0.29) is 0 Å². The Morgan fingerprint density at radius 2 is 2.43 bits per heavy atom. The van der Waals surface area contributed by atoms with Crippen molar-refractivity contribution in [1.82, 2.24) is 0 Å². The van der Waals surface area contributed by atoms with E-state index in [1.54, 1.807) is 7.11 Å². The predicted octanol–water partition coefficient (Wildman–Crippen LogP) is 1.89. The van der Waals surface area contributed by atoms with Gasteiger partial charge in [-0.25, -0.2) is 4.79 Å². The van der Waals surface area contributed by atoms with Gasteiger partial charge in [0.2, 0.25) is 0 Å². The molecule has 2 aliphatic rings. The van der Waals surface area contributed by atoms with E-state index in [0.717, 1.165) is 19.3 Å². The summed E-state index contributed by atoms with van der Waals surface area (Å²) < 4.78 is 5.31. The Morgan fingerprint density at radius 1 is 1.64 bits per heavy atom. The molecular formula is C10H14O3S. The molecule has 0 spiro atoms. The number of carboxylic acids is 1. The van der Waals surface area contributed by atoms with Gasteiger partial charge in [-0.05, 0) is 25.2 Å². The number of rotatable bonds is 2. The monoisotopic (exact) mass is 214 g/mol. The topological polar surface area (TPSA) is 46.5 Å². The molecule has 0 saturated heterocycles. The van der Waals surface area contributed by atoms with E-state index in [1.807, 2.05) is 6.08 Å². The van der Waals surface area contributed by atoms with Gasteiger partial charge in [-0.1, -0.05) is 6.08 Å². The highest BCUT2D eigenvalue weighted by Gasteiger charge is 2.36. The Balaban J connectivity index is 2.04. The highest BCUT2D eigenvalue weighted by atomic mass is 32.2. The molecule has 1 heterocycles. The number of ether oxygens (including phenoxy) is 1. The standard InChI is InChI=1S/C10H14O3S/c1-13-7-2-3-8-6(4-7)5-9(14-8)10(11)12/h5-8H,2-4H2,1H3,(H,11,12). The van der Waals surface area contributed by atoms with Crippen LogP contribution in [0.2, 0.25) is 0 Å². The maximum atomic E-state index is 10.8. The average Bonchev–Trinajstić information content (AvgIpc) is 2.59. The summed E-state index contributed by atoms with van der Waals surface area (Å²) in [6.07, 6.45) is 5.33. The van der Waals surface area contributed by atoms with Crippen molar-refractivity contribution in [1.29, 1.82) is 0 Å². The van der Waals surface area contributed by atoms with Crippen molar-refractivity contribution in [3.8, 4) is 0 Å². The first-order valence-electron chi connectivity index (χ1n) is 4.85. The lowest BCUT2D eigenvalue weighted by molar-refractivity contribution is -0.131. The first-order valence-corrected chi connectivity index (χ1v) is 5.73. The van der Waals surface area contributed by atoms with Crippen LogP contribution in [0.15, 0.2) is 11.0 Å². The molecule has 0 amide bonds. The second-order valence-corrected chi connectivity index (χ2v) is 5.11. The van der Waals surface area contributed by atoms with Gasteiger partial charge in [-0.3, -0.25) is 0 Å². The van der Waals surface area contributed by atoms with E-state index in [2.05, 4.69) is 0 Å². The van der Waals surface area contributed by atoms with Crippen molar-refractivity contribution in [2.24, 2.45) is 5.92 Å². The van der Waals surface area contributed by atoms with Crippen LogP contribution in [0.3, 0.4) is 0 Å². The Kier molecular flexibility index (Phi) is 2.83. The Morgan fingerprint density at radius 3 is 3.07 bits per heavy atom. The predicted molar refractivity (Wildman–Crippen MR) is 55.2 cm³/mol. The third-order valence-electron chi connectivity index (χ3n) is 2.97. The summed E-state index contributed by atoms with van der Waals surface area (Å²) in [6, 6.07) is 0. The first-order chi connectivity index (χ1) is 6.70. The fourth-order valence-corrected chi connectivity index (χ4v) is 3.49. The zero-order valence-electron chi connectivity index (χ0n) is 8.10. The summed E-state index contributed by atoms with van der Waals surface area (Å²) in [4.78, 5) is 11.3. The molecule has 1 fully saturated rings. The molecule has 14 heavy (non-hydrogen) atoms. The van der Waals surface area contributed by atoms with Crippen LogP contribution in [0.5, 0.6) is 0 Å². The second-order valence-electron chi connectivity index (χ2n) is 3.83. The number of carboxylic acid groups (broad SMARTS) is 1. The molecule has 3 atom stereocenters. The van der Waals surface area contributed by atoms with Gasteiger partial charge in [-0.15, -0.1) is 11.8 Å². The third-order valence-corrected chi connectivity index (χ3v) is 4.43. The molecule has 78 valence electrons. The molecule has 1 N–H and O–H groups in total. The molecule has 3 unspecified atom stereocenters. The van der Waals surface area contributed by atoms with Gasteiger partial charge in [0, 0.05) is 12.4 Å². The highest BCUT2D eigenvalue weighted by molar-refractivity contribution is 8.04. The van der Waals surface area contributed by atoms with Gasteiger partial charge < -0.3 is 9.84 Å². The number of methoxy groups -OCH3 is 1. The Bertz CT molecular complexity index is 275. The molecular weight excluding hydrogens is 200 g/mol. The van der Waals surface area contributed by atoms with E-state index in [4.69, 9.17) is 9.84 Å². The van der Waals surface area contributed by atoms with Gasteiger partial charge in [0.15, 0.2) is 0 Å². The minimum Gasteiger partial charge on any atom is -0.477 e. The smallest absolute Gasteiger partial charge is 0.341 e. The fourth-order valence-electron chi connectivity index (χ4n) is 2.19. The fraction of sp³-hybridized carbons (Fsp3) is 0.700. The normalized spacial score (nSPS) is 36.4. The van der Waals surface area contributed by atoms with Gasteiger partial charge in [0.25, 0.3) is 0 Å². The van der Waals surface area contributed by atoms with E-state index < -0.39 is 5.97 Å². The summed E-state index contributed by atoms with van der Waals surface area (Å²) in [5.41, 5.74) is 0. The van der Waals surface area contributed by atoms with Crippen molar-refractivity contribution in [3.05, 3.63) is 11.0 Å². The zero-order chi connectivity index (χ0) is 10.1. The van der Waals surface area contributed by atoms with Crippen LogP contribution in [-0.4, -0.2) is 29.5 Å². The molecule has 3 nitrogen and oxygen atoms in total.